The summed E-state index contributed by atoms with van der Waals surface area (Å²) in [5, 5.41) is 6.42. The van der Waals surface area contributed by atoms with Gasteiger partial charge in [-0.25, -0.2) is 9.59 Å². The Balaban J connectivity index is 0.866. The van der Waals surface area contributed by atoms with Crippen LogP contribution in [0.2, 0.25) is 0 Å². The van der Waals surface area contributed by atoms with Crippen LogP contribution in [0.25, 0.3) is 0 Å². The fourth-order valence-electron chi connectivity index (χ4n) is 8.58. The summed E-state index contributed by atoms with van der Waals surface area (Å²) in [4.78, 5) is 61.1. The summed E-state index contributed by atoms with van der Waals surface area (Å²) in [7, 11) is 3.66. The molecule has 2 amide bonds. The maximum Gasteiger partial charge on any atom is 0.334 e. The van der Waals surface area contributed by atoms with E-state index in [0.717, 1.165) is 77.1 Å². The first-order valence-electron chi connectivity index (χ1n) is 18.4. The van der Waals surface area contributed by atoms with Gasteiger partial charge in [0.15, 0.2) is 11.5 Å². The van der Waals surface area contributed by atoms with Crippen molar-refractivity contribution in [2.75, 3.05) is 76.3 Å². The van der Waals surface area contributed by atoms with E-state index in [1.807, 2.05) is 48.2 Å². The number of likely N-dealkylation sites (N-methyl/N-ethyl adjacent to an activating group) is 2. The van der Waals surface area contributed by atoms with Gasteiger partial charge in [0, 0.05) is 51.4 Å². The van der Waals surface area contributed by atoms with Crippen LogP contribution in [-0.4, -0.2) is 125 Å². The highest BCUT2D eigenvalue weighted by molar-refractivity contribution is 6.00. The zero-order valence-electron chi connectivity index (χ0n) is 29.6. The molecule has 2 aromatic rings. The number of fused-ring (bicyclic) bond motifs is 8. The molecule has 8 aliphatic rings. The van der Waals surface area contributed by atoms with Crippen LogP contribution in [0.4, 0.5) is 11.4 Å². The van der Waals surface area contributed by atoms with Gasteiger partial charge >= 0.3 is 11.9 Å². The van der Waals surface area contributed by atoms with Crippen molar-refractivity contribution in [1.82, 2.24) is 20.4 Å². The number of hydrogen-bond donors (Lipinski definition) is 2. The van der Waals surface area contributed by atoms with E-state index < -0.39 is 24.5 Å². The second-order valence-corrected chi connectivity index (χ2v) is 14.8. The lowest BCUT2D eigenvalue weighted by Gasteiger charge is -2.45. The van der Waals surface area contributed by atoms with Crippen LogP contribution in [0.5, 0.6) is 11.5 Å². The number of carbonyl (C=O) groups excluding carboxylic acids is 4. The van der Waals surface area contributed by atoms with E-state index in [1.54, 1.807) is 12.1 Å². The van der Waals surface area contributed by atoms with Gasteiger partial charge in [-0.2, -0.15) is 0 Å². The molecule has 6 fully saturated rings. The van der Waals surface area contributed by atoms with E-state index in [2.05, 4.69) is 20.4 Å². The summed E-state index contributed by atoms with van der Waals surface area (Å²) in [6, 6.07) is 10.9. The molecule has 0 radical (unpaired) electrons. The minimum absolute atomic E-state index is 0.0845. The summed E-state index contributed by atoms with van der Waals surface area (Å²) in [5.74, 6) is -0.460. The molecular formula is C38H46N6O8. The summed E-state index contributed by atoms with van der Waals surface area (Å²) >= 11 is 0. The quantitative estimate of drug-likeness (QED) is 0.305. The summed E-state index contributed by atoms with van der Waals surface area (Å²) in [5.41, 5.74) is 2.18. The summed E-state index contributed by atoms with van der Waals surface area (Å²) in [6.45, 7) is 6.43. The molecule has 14 heteroatoms. The molecule has 10 rings (SSSR count). The molecular weight excluding hydrogens is 668 g/mol. The van der Waals surface area contributed by atoms with E-state index in [4.69, 9.17) is 18.9 Å². The lowest BCUT2D eigenvalue weighted by molar-refractivity contribution is -0.160. The Hall–Kier alpha value is -4.82. The van der Waals surface area contributed by atoms with Crippen molar-refractivity contribution < 1.29 is 38.1 Å². The van der Waals surface area contributed by atoms with Crippen LogP contribution < -0.4 is 29.9 Å². The first-order valence-corrected chi connectivity index (χ1v) is 18.4. The average molecular weight is 715 g/mol. The zero-order chi connectivity index (χ0) is 35.9. The van der Waals surface area contributed by atoms with Crippen LogP contribution in [0.15, 0.2) is 48.6 Å². The van der Waals surface area contributed by atoms with Crippen molar-refractivity contribution in [3.8, 4) is 11.5 Å². The molecule has 6 saturated heterocycles. The van der Waals surface area contributed by atoms with Crippen LogP contribution >= 0.6 is 0 Å². The number of nitrogens with one attached hydrogen (secondary N) is 2. The summed E-state index contributed by atoms with van der Waals surface area (Å²) in [6.07, 6.45) is 4.22. The van der Waals surface area contributed by atoms with Crippen LogP contribution in [0.3, 0.4) is 0 Å². The van der Waals surface area contributed by atoms with Gasteiger partial charge in [0.2, 0.25) is 0 Å². The Morgan fingerprint density at radius 2 is 1.04 bits per heavy atom. The third-order valence-corrected chi connectivity index (χ3v) is 11.4. The highest BCUT2D eigenvalue weighted by Gasteiger charge is 2.38. The maximum atomic E-state index is 13.5. The number of rotatable bonds is 8. The topological polar surface area (TPSA) is 142 Å². The molecule has 14 nitrogen and oxygen atoms in total. The molecule has 276 valence electrons. The standard InChI is InChI=1S/C38H46N6O8/c1-41-21-33(51-35-25(5-3-7-29(35)41)37(47)39-27-19-43-15-11-23(27)12-16-43)49-31(45)9-10-32(46)50-34-22-42(2)30-8-4-6-26(36(30)52-34)38(48)40-28-20-44-17-13-24(28)14-18-44/h3-10,23-24,27-28,33-34H,11-22H2,1-2H3,(H,39,47)(H,40,48)/b10-9+. The second kappa shape index (κ2) is 14.3. The van der Waals surface area contributed by atoms with E-state index in [1.165, 1.54) is 0 Å². The van der Waals surface area contributed by atoms with Gasteiger partial charge in [-0.3, -0.25) is 9.59 Å². The minimum Gasteiger partial charge on any atom is -0.450 e. The number of piperidine rings is 6. The van der Waals surface area contributed by atoms with E-state index in [-0.39, 0.29) is 37.0 Å². The molecule has 4 bridgehead atoms. The van der Waals surface area contributed by atoms with Crippen LogP contribution in [0, 0.1) is 11.8 Å². The molecule has 0 aromatic heterocycles. The third-order valence-electron chi connectivity index (χ3n) is 11.4. The Labute approximate surface area is 302 Å². The molecule has 2 aromatic carbocycles. The van der Waals surface area contributed by atoms with Crippen molar-refractivity contribution in [2.24, 2.45) is 11.8 Å². The molecule has 4 unspecified atom stereocenters. The van der Waals surface area contributed by atoms with Gasteiger partial charge in [0.05, 0.1) is 35.6 Å². The Morgan fingerprint density at radius 1 is 0.635 bits per heavy atom. The number of ether oxygens (including phenoxy) is 4. The lowest BCUT2D eigenvalue weighted by Crippen LogP contribution is -2.57. The van der Waals surface area contributed by atoms with Crippen molar-refractivity contribution in [3.05, 3.63) is 59.7 Å². The van der Waals surface area contributed by atoms with Gasteiger partial charge in [0.1, 0.15) is 0 Å². The molecule has 8 aliphatic heterocycles. The molecule has 0 spiro atoms. The normalized spacial score (nSPS) is 30.0. The number of anilines is 2. The highest BCUT2D eigenvalue weighted by Crippen LogP contribution is 2.38. The van der Waals surface area contributed by atoms with Gasteiger partial charge in [-0.05, 0) is 88.0 Å². The number of hydrogen-bond acceptors (Lipinski definition) is 12. The van der Waals surface area contributed by atoms with Crippen molar-refractivity contribution in [3.63, 3.8) is 0 Å². The SMILES string of the molecule is CN1CC(OC(=O)/C=C/C(=O)OC2CN(C)c3cccc(C(=O)NC4CN5CCC4CC5)c3O2)Oc2c(C(=O)NC3CN4CCC3CC4)cccc21. The van der Waals surface area contributed by atoms with Crippen LogP contribution in [0.1, 0.15) is 46.4 Å². The average Bonchev–Trinajstić information content (AvgIpc) is 3.14. The highest BCUT2D eigenvalue weighted by atomic mass is 16.7. The Kier molecular flexibility index (Phi) is 9.43. The molecule has 2 N–H and O–H groups in total. The number of esters is 2. The Morgan fingerprint density at radius 3 is 1.40 bits per heavy atom. The van der Waals surface area contributed by atoms with Gasteiger partial charge in [0.25, 0.3) is 24.4 Å². The van der Waals surface area contributed by atoms with Crippen LogP contribution in [-0.2, 0) is 19.1 Å². The van der Waals surface area contributed by atoms with Gasteiger partial charge < -0.3 is 49.2 Å². The number of nitrogens with zero attached hydrogens (tertiary/aromatic N) is 4. The molecule has 4 atom stereocenters. The minimum atomic E-state index is -1.02. The maximum absolute atomic E-state index is 13.5. The van der Waals surface area contributed by atoms with E-state index >= 15 is 0 Å². The smallest absolute Gasteiger partial charge is 0.334 e. The number of para-hydroxylation sites is 2. The monoisotopic (exact) mass is 714 g/mol. The molecule has 8 heterocycles. The fourth-order valence-corrected chi connectivity index (χ4v) is 8.58. The molecule has 0 aliphatic carbocycles. The van der Waals surface area contributed by atoms with Crippen molar-refractivity contribution in [1.29, 1.82) is 0 Å². The predicted molar refractivity (Wildman–Crippen MR) is 190 cm³/mol. The fraction of sp³-hybridized carbons (Fsp3) is 0.526. The number of carbonyl (C=O) groups is 4. The predicted octanol–water partition coefficient (Wildman–Crippen LogP) is 1.99. The number of amides is 2. The van der Waals surface area contributed by atoms with E-state index in [9.17, 15) is 19.2 Å². The largest absolute Gasteiger partial charge is 0.450 e. The van der Waals surface area contributed by atoms with Crippen molar-refractivity contribution in [2.45, 2.75) is 50.3 Å². The first-order chi connectivity index (χ1) is 25.2. The van der Waals surface area contributed by atoms with E-state index in [0.29, 0.717) is 45.8 Å². The van der Waals surface area contributed by atoms with Gasteiger partial charge in [-0.1, -0.05) is 12.1 Å². The second-order valence-electron chi connectivity index (χ2n) is 14.8. The Bertz CT molecular complexity index is 1630. The third kappa shape index (κ3) is 7.01. The zero-order valence-corrected chi connectivity index (χ0v) is 29.6. The summed E-state index contributed by atoms with van der Waals surface area (Å²) < 4.78 is 23.2. The molecule has 52 heavy (non-hydrogen) atoms. The lowest BCUT2D eigenvalue weighted by atomic mass is 9.84. The number of benzene rings is 2. The molecule has 0 saturated carbocycles. The first kappa shape index (κ1) is 34.3. The van der Waals surface area contributed by atoms with Crippen molar-refractivity contribution >= 4 is 35.1 Å². The van der Waals surface area contributed by atoms with Gasteiger partial charge in [-0.15, -0.1) is 0 Å².